The maximum absolute atomic E-state index is 12.6. The quantitative estimate of drug-likeness (QED) is 0.0320. The monoisotopic (exact) mass is 1170 g/mol. The molecule has 0 aromatic carbocycles. The highest BCUT2D eigenvalue weighted by atomic mass is 16.5. The molecule has 6 heteroatoms. The van der Waals surface area contributed by atoms with Gasteiger partial charge in [0.15, 0.2) is 0 Å². The summed E-state index contributed by atoms with van der Waals surface area (Å²) in [5.74, 6) is -0.0144. The summed E-state index contributed by atoms with van der Waals surface area (Å²) in [5, 5.41) is 23.5. The van der Waals surface area contributed by atoms with Gasteiger partial charge in [-0.15, -0.1) is 0 Å². The standard InChI is InChI=1S/C77H151NO5/c1-3-5-7-9-11-13-15-17-19-20-21-22-23-30-33-36-39-42-45-49-53-57-61-65-69-75(80)74(73-79)78-76(81)70-66-62-58-54-50-46-43-40-37-34-31-28-26-24-25-27-29-32-35-38-41-44-48-52-56-60-64-68-72-83-77(82)71-67-63-59-55-51-47-18-16-14-12-10-8-6-4-2/h16,18,74-75,79-80H,3-15,17,19-73H2,1-2H3,(H,78,81)/b18-16-. The van der Waals surface area contributed by atoms with E-state index in [-0.39, 0.29) is 18.5 Å². The number of hydrogen-bond donors (Lipinski definition) is 3. The zero-order chi connectivity index (χ0) is 59.9. The Balaban J connectivity index is 3.34. The number of aliphatic hydroxyl groups excluding tert-OH is 2. The minimum atomic E-state index is -0.663. The third-order valence-electron chi connectivity index (χ3n) is 18.3. The number of nitrogens with one attached hydrogen (secondary N) is 1. The number of allylic oxidation sites excluding steroid dienone is 2. The zero-order valence-electron chi connectivity index (χ0n) is 56.7. The van der Waals surface area contributed by atoms with Crippen LogP contribution in [0.5, 0.6) is 0 Å². The Hall–Kier alpha value is -1.40. The molecule has 2 unspecified atom stereocenters. The molecular weight excluding hydrogens is 1020 g/mol. The second-order valence-corrected chi connectivity index (χ2v) is 26.7. The summed E-state index contributed by atoms with van der Waals surface area (Å²) in [7, 11) is 0. The van der Waals surface area contributed by atoms with Gasteiger partial charge in [0.25, 0.3) is 0 Å². The SMILES string of the molecule is CCCCCCC/C=C\CCCCCCCC(=O)OCCCCCCCCCCCCCCCCCCCCCCCCCCCCCCC(=O)NC(CO)C(O)CCCCCCCCCCCCCCCCCCCCCCCCCC. The van der Waals surface area contributed by atoms with Crippen LogP contribution in [0, 0.1) is 0 Å². The largest absolute Gasteiger partial charge is 0.466 e. The minimum Gasteiger partial charge on any atom is -0.466 e. The molecule has 83 heavy (non-hydrogen) atoms. The lowest BCUT2D eigenvalue weighted by Crippen LogP contribution is -2.45. The lowest BCUT2D eigenvalue weighted by molar-refractivity contribution is -0.143. The third-order valence-corrected chi connectivity index (χ3v) is 18.3. The van der Waals surface area contributed by atoms with Gasteiger partial charge in [-0.1, -0.05) is 392 Å². The lowest BCUT2D eigenvalue weighted by Gasteiger charge is -2.22. The maximum Gasteiger partial charge on any atom is 0.305 e. The smallest absolute Gasteiger partial charge is 0.305 e. The number of ether oxygens (including phenoxy) is 1. The van der Waals surface area contributed by atoms with Crippen molar-refractivity contribution in [1.29, 1.82) is 0 Å². The van der Waals surface area contributed by atoms with Crippen molar-refractivity contribution in [1.82, 2.24) is 5.32 Å². The van der Waals surface area contributed by atoms with Crippen LogP contribution >= 0.6 is 0 Å². The fourth-order valence-corrected chi connectivity index (χ4v) is 12.5. The molecular formula is C77H151NO5. The number of unbranched alkanes of at least 4 members (excludes halogenated alkanes) is 60. The Morgan fingerprint density at radius 2 is 0.566 bits per heavy atom. The van der Waals surface area contributed by atoms with Gasteiger partial charge in [-0.2, -0.15) is 0 Å². The molecule has 0 saturated carbocycles. The van der Waals surface area contributed by atoms with E-state index in [0.29, 0.717) is 25.9 Å². The van der Waals surface area contributed by atoms with E-state index in [9.17, 15) is 19.8 Å². The Bertz CT molecular complexity index is 1260. The number of aliphatic hydroxyl groups is 2. The molecule has 0 fully saturated rings. The van der Waals surface area contributed by atoms with Crippen molar-refractivity contribution in [2.24, 2.45) is 0 Å². The Labute approximate surface area is 520 Å². The summed E-state index contributed by atoms with van der Waals surface area (Å²) in [6.07, 6.45) is 91.5. The molecule has 0 heterocycles. The molecule has 6 nitrogen and oxygen atoms in total. The van der Waals surface area contributed by atoms with Crippen molar-refractivity contribution >= 4 is 11.9 Å². The van der Waals surface area contributed by atoms with E-state index in [2.05, 4.69) is 31.3 Å². The number of esters is 1. The molecule has 0 aromatic rings. The predicted molar refractivity (Wildman–Crippen MR) is 366 cm³/mol. The van der Waals surface area contributed by atoms with Crippen molar-refractivity contribution in [3.8, 4) is 0 Å². The fraction of sp³-hybridized carbons (Fsp3) is 0.948. The molecule has 0 spiro atoms. The summed E-state index contributed by atoms with van der Waals surface area (Å²) in [4.78, 5) is 24.6. The van der Waals surface area contributed by atoms with Gasteiger partial charge in [0.2, 0.25) is 5.91 Å². The molecule has 0 bridgehead atoms. The molecule has 0 aliphatic carbocycles. The fourth-order valence-electron chi connectivity index (χ4n) is 12.5. The van der Waals surface area contributed by atoms with Gasteiger partial charge in [0.05, 0.1) is 25.4 Å². The molecule has 0 radical (unpaired) electrons. The van der Waals surface area contributed by atoms with Gasteiger partial charge in [-0.25, -0.2) is 0 Å². The molecule has 0 aliphatic heterocycles. The number of carbonyl (C=O) groups excluding carboxylic acids is 2. The summed E-state index contributed by atoms with van der Waals surface area (Å²) in [6, 6.07) is -0.540. The molecule has 494 valence electrons. The topological polar surface area (TPSA) is 95.9 Å². The lowest BCUT2D eigenvalue weighted by atomic mass is 10.0. The van der Waals surface area contributed by atoms with E-state index < -0.39 is 12.1 Å². The Kier molecular flexibility index (Phi) is 71.8. The molecule has 3 N–H and O–H groups in total. The second-order valence-electron chi connectivity index (χ2n) is 26.7. The number of amides is 1. The van der Waals surface area contributed by atoms with Crippen LogP contribution in [0.4, 0.5) is 0 Å². The highest BCUT2D eigenvalue weighted by Crippen LogP contribution is 2.20. The molecule has 2 atom stereocenters. The highest BCUT2D eigenvalue weighted by Gasteiger charge is 2.20. The predicted octanol–water partition coefficient (Wildman–Crippen LogP) is 25.1. The number of rotatable bonds is 73. The van der Waals surface area contributed by atoms with Crippen LogP contribution in [0.2, 0.25) is 0 Å². The first-order valence-corrected chi connectivity index (χ1v) is 38.4. The van der Waals surface area contributed by atoms with Crippen molar-refractivity contribution in [3.63, 3.8) is 0 Å². The third kappa shape index (κ3) is 69.6. The van der Waals surface area contributed by atoms with Crippen LogP contribution < -0.4 is 5.32 Å². The number of hydrogen-bond acceptors (Lipinski definition) is 5. The first-order chi connectivity index (χ1) is 41.0. The Morgan fingerprint density at radius 3 is 0.855 bits per heavy atom. The molecule has 0 saturated heterocycles. The van der Waals surface area contributed by atoms with Gasteiger partial charge < -0.3 is 20.3 Å². The molecule has 1 amide bonds. The summed E-state index contributed by atoms with van der Waals surface area (Å²) < 4.78 is 5.49. The van der Waals surface area contributed by atoms with Crippen molar-refractivity contribution in [2.45, 2.75) is 456 Å². The average Bonchev–Trinajstić information content (AvgIpc) is 3.48. The van der Waals surface area contributed by atoms with Crippen LogP contribution in [-0.4, -0.2) is 47.4 Å². The van der Waals surface area contributed by atoms with E-state index in [1.165, 1.54) is 366 Å². The Morgan fingerprint density at radius 1 is 0.325 bits per heavy atom. The summed E-state index contributed by atoms with van der Waals surface area (Å²) in [5.41, 5.74) is 0. The first kappa shape index (κ1) is 81.6. The minimum absolute atomic E-state index is 0.0115. The molecule has 0 aliphatic rings. The highest BCUT2D eigenvalue weighted by molar-refractivity contribution is 5.76. The van der Waals surface area contributed by atoms with E-state index >= 15 is 0 Å². The van der Waals surface area contributed by atoms with Crippen LogP contribution in [-0.2, 0) is 14.3 Å². The average molecular weight is 1170 g/mol. The van der Waals surface area contributed by atoms with Crippen LogP contribution in [0.3, 0.4) is 0 Å². The maximum atomic E-state index is 12.6. The van der Waals surface area contributed by atoms with E-state index in [0.717, 1.165) is 44.9 Å². The molecule has 0 rings (SSSR count). The summed E-state index contributed by atoms with van der Waals surface area (Å²) in [6.45, 7) is 4.99. The van der Waals surface area contributed by atoms with Gasteiger partial charge in [-0.3, -0.25) is 9.59 Å². The van der Waals surface area contributed by atoms with E-state index in [1.54, 1.807) is 0 Å². The normalized spacial score (nSPS) is 12.5. The van der Waals surface area contributed by atoms with Gasteiger partial charge in [0, 0.05) is 12.8 Å². The molecule has 0 aromatic heterocycles. The van der Waals surface area contributed by atoms with Crippen LogP contribution in [0.25, 0.3) is 0 Å². The van der Waals surface area contributed by atoms with E-state index in [4.69, 9.17) is 4.74 Å². The van der Waals surface area contributed by atoms with Crippen molar-refractivity contribution in [2.75, 3.05) is 13.2 Å². The van der Waals surface area contributed by atoms with E-state index in [1.807, 2.05) is 0 Å². The first-order valence-electron chi connectivity index (χ1n) is 38.4. The van der Waals surface area contributed by atoms with Gasteiger partial charge >= 0.3 is 5.97 Å². The summed E-state index contributed by atoms with van der Waals surface area (Å²) >= 11 is 0. The second kappa shape index (κ2) is 73.1. The number of carbonyl (C=O) groups is 2. The van der Waals surface area contributed by atoms with Gasteiger partial charge in [-0.05, 0) is 51.4 Å². The van der Waals surface area contributed by atoms with Crippen LogP contribution in [0.15, 0.2) is 12.2 Å². The van der Waals surface area contributed by atoms with Crippen LogP contribution in [0.1, 0.15) is 444 Å². The van der Waals surface area contributed by atoms with Gasteiger partial charge in [0.1, 0.15) is 0 Å². The van der Waals surface area contributed by atoms with Crippen molar-refractivity contribution in [3.05, 3.63) is 12.2 Å². The zero-order valence-corrected chi connectivity index (χ0v) is 56.7. The van der Waals surface area contributed by atoms with Crippen molar-refractivity contribution < 1.29 is 24.5 Å².